The first kappa shape index (κ1) is 21.7. The fraction of sp³-hybridized carbons (Fsp3) is 0.789. The van der Waals surface area contributed by atoms with Gasteiger partial charge in [0.1, 0.15) is 0 Å². The van der Waals surface area contributed by atoms with Gasteiger partial charge in [-0.1, -0.05) is 65.2 Å². The maximum absolute atomic E-state index is 11.4. The average molecular weight is 326 g/mol. The van der Waals surface area contributed by atoms with Crippen molar-refractivity contribution >= 4 is 11.9 Å². The summed E-state index contributed by atoms with van der Waals surface area (Å²) in [5.41, 5.74) is 0. The predicted octanol–water partition coefficient (Wildman–Crippen LogP) is 4.96. The van der Waals surface area contributed by atoms with Gasteiger partial charge >= 0.3 is 11.9 Å². The maximum Gasteiger partial charge on any atom is 0.331 e. The van der Waals surface area contributed by atoms with Gasteiger partial charge in [0, 0.05) is 12.2 Å². The first-order valence-electron chi connectivity index (χ1n) is 9.15. The molecule has 4 nitrogen and oxygen atoms in total. The second-order valence-corrected chi connectivity index (χ2v) is 5.99. The molecule has 0 saturated carbocycles. The molecule has 0 N–H and O–H groups in total. The van der Waals surface area contributed by atoms with Crippen LogP contribution >= 0.6 is 0 Å². The van der Waals surface area contributed by atoms with Crippen LogP contribution in [0.4, 0.5) is 0 Å². The molecule has 134 valence electrons. The molecule has 4 heteroatoms. The monoisotopic (exact) mass is 326 g/mol. The van der Waals surface area contributed by atoms with Gasteiger partial charge in [-0.05, 0) is 19.8 Å². The van der Waals surface area contributed by atoms with Crippen LogP contribution in [0, 0.1) is 0 Å². The smallest absolute Gasteiger partial charge is 0.331 e. The zero-order valence-electron chi connectivity index (χ0n) is 15.1. The number of hydrogen-bond donors (Lipinski definition) is 0. The van der Waals surface area contributed by atoms with Crippen molar-refractivity contribution in [2.75, 3.05) is 6.61 Å². The maximum atomic E-state index is 11.4. The van der Waals surface area contributed by atoms with E-state index in [-0.39, 0.29) is 6.10 Å². The van der Waals surface area contributed by atoms with E-state index in [0.717, 1.165) is 31.4 Å². The minimum atomic E-state index is -0.501. The Bertz CT molecular complexity index is 336. The number of carbonyl (C=O) groups is 2. The molecular formula is C19H34O4. The first-order chi connectivity index (χ1) is 11.1. The van der Waals surface area contributed by atoms with Crippen molar-refractivity contribution in [2.24, 2.45) is 0 Å². The summed E-state index contributed by atoms with van der Waals surface area (Å²) in [6.07, 6.45) is 13.9. The summed E-state index contributed by atoms with van der Waals surface area (Å²) in [6, 6.07) is 0. The molecule has 1 unspecified atom stereocenters. The van der Waals surface area contributed by atoms with E-state index >= 15 is 0 Å². The second kappa shape index (κ2) is 15.6. The number of unbranched alkanes of at least 4 members (excludes halogenated alkanes) is 8. The molecule has 0 amide bonds. The molecule has 0 rings (SSSR count). The highest BCUT2D eigenvalue weighted by molar-refractivity contribution is 5.91. The topological polar surface area (TPSA) is 52.6 Å². The van der Waals surface area contributed by atoms with Gasteiger partial charge in [-0.2, -0.15) is 0 Å². The van der Waals surface area contributed by atoms with Crippen LogP contribution < -0.4 is 0 Å². The Kier molecular flexibility index (Phi) is 14.7. The Balaban J connectivity index is 3.48. The minimum Gasteiger partial charge on any atom is -0.463 e. The van der Waals surface area contributed by atoms with Crippen LogP contribution in [0.1, 0.15) is 85.0 Å². The van der Waals surface area contributed by atoms with Gasteiger partial charge in [0.15, 0.2) is 0 Å². The molecule has 1 atom stereocenters. The van der Waals surface area contributed by atoms with Crippen molar-refractivity contribution in [1.29, 1.82) is 0 Å². The standard InChI is InChI=1S/C19H34O4/c1-4-6-7-8-9-10-11-12-13-16-22-18(20)14-15-19(21)23-17(3)5-2/h14-15,17H,4-13,16H2,1-3H3/b15-14+. The Morgan fingerprint density at radius 2 is 1.35 bits per heavy atom. The zero-order valence-corrected chi connectivity index (χ0v) is 15.1. The zero-order chi connectivity index (χ0) is 17.3. The van der Waals surface area contributed by atoms with E-state index in [2.05, 4.69) is 6.92 Å². The molecule has 0 aromatic carbocycles. The number of carbonyl (C=O) groups excluding carboxylic acids is 2. The van der Waals surface area contributed by atoms with Crippen LogP contribution in [0.15, 0.2) is 12.2 Å². The van der Waals surface area contributed by atoms with Gasteiger partial charge < -0.3 is 9.47 Å². The summed E-state index contributed by atoms with van der Waals surface area (Å²) >= 11 is 0. The summed E-state index contributed by atoms with van der Waals surface area (Å²) < 4.78 is 10.1. The molecule has 0 bridgehead atoms. The quantitative estimate of drug-likeness (QED) is 0.257. The highest BCUT2D eigenvalue weighted by Gasteiger charge is 2.05. The van der Waals surface area contributed by atoms with Crippen molar-refractivity contribution in [3.8, 4) is 0 Å². The van der Waals surface area contributed by atoms with E-state index in [1.165, 1.54) is 44.9 Å². The Hall–Kier alpha value is -1.32. The lowest BCUT2D eigenvalue weighted by atomic mass is 10.1. The van der Waals surface area contributed by atoms with Gasteiger partial charge in [0.25, 0.3) is 0 Å². The molecule has 0 spiro atoms. The van der Waals surface area contributed by atoms with Gasteiger partial charge in [-0.15, -0.1) is 0 Å². The molecule has 0 aliphatic rings. The van der Waals surface area contributed by atoms with E-state index in [9.17, 15) is 9.59 Å². The van der Waals surface area contributed by atoms with Crippen molar-refractivity contribution in [3.63, 3.8) is 0 Å². The van der Waals surface area contributed by atoms with E-state index in [0.29, 0.717) is 6.61 Å². The molecule has 0 aliphatic carbocycles. The molecule has 0 aromatic rings. The fourth-order valence-electron chi connectivity index (χ4n) is 2.09. The van der Waals surface area contributed by atoms with Crippen LogP contribution in [0.3, 0.4) is 0 Å². The lowest BCUT2D eigenvalue weighted by Crippen LogP contribution is -2.12. The van der Waals surface area contributed by atoms with Gasteiger partial charge in [0.2, 0.25) is 0 Å². The largest absolute Gasteiger partial charge is 0.463 e. The van der Waals surface area contributed by atoms with Gasteiger partial charge in [-0.25, -0.2) is 9.59 Å². The fourth-order valence-corrected chi connectivity index (χ4v) is 2.09. The van der Waals surface area contributed by atoms with Crippen molar-refractivity contribution in [1.82, 2.24) is 0 Å². The van der Waals surface area contributed by atoms with Crippen LogP contribution in [-0.4, -0.2) is 24.6 Å². The number of ether oxygens (including phenoxy) is 2. The van der Waals surface area contributed by atoms with Crippen LogP contribution in [0.25, 0.3) is 0 Å². The molecule has 0 aliphatic heterocycles. The van der Waals surface area contributed by atoms with E-state index in [4.69, 9.17) is 9.47 Å². The van der Waals surface area contributed by atoms with E-state index < -0.39 is 11.9 Å². The summed E-state index contributed by atoms with van der Waals surface area (Å²) in [7, 11) is 0. The predicted molar refractivity (Wildman–Crippen MR) is 93.2 cm³/mol. The third-order valence-electron chi connectivity index (χ3n) is 3.74. The molecule has 23 heavy (non-hydrogen) atoms. The number of hydrogen-bond acceptors (Lipinski definition) is 4. The van der Waals surface area contributed by atoms with Crippen molar-refractivity contribution < 1.29 is 19.1 Å². The Labute approximate surface area is 141 Å². The van der Waals surface area contributed by atoms with E-state index in [1.807, 2.05) is 13.8 Å². The molecular weight excluding hydrogens is 292 g/mol. The number of rotatable bonds is 14. The van der Waals surface area contributed by atoms with E-state index in [1.54, 1.807) is 0 Å². The summed E-state index contributed by atoms with van der Waals surface area (Å²) in [4.78, 5) is 22.8. The number of esters is 2. The third kappa shape index (κ3) is 15.4. The normalized spacial score (nSPS) is 12.3. The summed E-state index contributed by atoms with van der Waals surface area (Å²) in [6.45, 7) is 6.39. The molecule has 0 heterocycles. The third-order valence-corrected chi connectivity index (χ3v) is 3.74. The van der Waals surface area contributed by atoms with Crippen molar-refractivity contribution in [2.45, 2.75) is 91.1 Å². The average Bonchev–Trinajstić information content (AvgIpc) is 2.54. The molecule has 0 fully saturated rings. The summed E-state index contributed by atoms with van der Waals surface area (Å²) in [5.74, 6) is -0.981. The van der Waals surface area contributed by atoms with Crippen LogP contribution in [-0.2, 0) is 19.1 Å². The van der Waals surface area contributed by atoms with Gasteiger partial charge in [0.05, 0.1) is 12.7 Å². The van der Waals surface area contributed by atoms with Crippen LogP contribution in [0.5, 0.6) is 0 Å². The second-order valence-electron chi connectivity index (χ2n) is 5.99. The SMILES string of the molecule is CCCCCCCCCCCOC(=O)/C=C/C(=O)OC(C)CC. The lowest BCUT2D eigenvalue weighted by molar-refractivity contribution is -0.143. The Morgan fingerprint density at radius 3 is 1.91 bits per heavy atom. The van der Waals surface area contributed by atoms with Crippen molar-refractivity contribution in [3.05, 3.63) is 12.2 Å². The Morgan fingerprint density at radius 1 is 0.826 bits per heavy atom. The lowest BCUT2D eigenvalue weighted by Gasteiger charge is -2.07. The van der Waals surface area contributed by atoms with Crippen LogP contribution in [0.2, 0.25) is 0 Å². The minimum absolute atomic E-state index is 0.134. The molecule has 0 radical (unpaired) electrons. The summed E-state index contributed by atoms with van der Waals surface area (Å²) in [5, 5.41) is 0. The molecule has 0 saturated heterocycles. The highest BCUT2D eigenvalue weighted by atomic mass is 16.5. The first-order valence-corrected chi connectivity index (χ1v) is 9.15. The highest BCUT2D eigenvalue weighted by Crippen LogP contribution is 2.09. The molecule has 0 aromatic heterocycles. The van der Waals surface area contributed by atoms with Gasteiger partial charge in [-0.3, -0.25) is 0 Å².